The van der Waals surface area contributed by atoms with Crippen LogP contribution in [0.1, 0.15) is 49.9 Å². The number of rotatable bonds is 6. The number of aromatic nitrogens is 2. The Balaban J connectivity index is 0.835. The van der Waals surface area contributed by atoms with Crippen LogP contribution in [-0.2, 0) is 10.8 Å². The van der Waals surface area contributed by atoms with E-state index in [0.29, 0.717) is 0 Å². The highest BCUT2D eigenvalue weighted by molar-refractivity contribution is 6.24. The second kappa shape index (κ2) is 15.9. The minimum atomic E-state index is -0.0943. The van der Waals surface area contributed by atoms with Crippen LogP contribution < -0.4 is 0 Å². The summed E-state index contributed by atoms with van der Waals surface area (Å²) in [5.74, 6) is 0. The molecule has 2 nitrogen and oxygen atoms in total. The number of nitrogens with zero attached hydrogens (tertiary/aromatic N) is 2. The molecule has 12 aromatic rings. The summed E-state index contributed by atoms with van der Waals surface area (Å²) >= 11 is 0. The first-order valence-corrected chi connectivity index (χ1v) is 25.2. The van der Waals surface area contributed by atoms with Crippen molar-refractivity contribution in [2.75, 3.05) is 0 Å². The van der Waals surface area contributed by atoms with Crippen LogP contribution in [0.2, 0.25) is 0 Å². The molecule has 0 atom stereocenters. The summed E-state index contributed by atoms with van der Waals surface area (Å²) < 4.78 is 0. The van der Waals surface area contributed by atoms with Crippen molar-refractivity contribution in [1.29, 1.82) is 0 Å². The third-order valence-electron chi connectivity index (χ3n) is 16.1. The monoisotopic (exact) mass is 918 g/mol. The van der Waals surface area contributed by atoms with E-state index in [2.05, 4.69) is 246 Å². The van der Waals surface area contributed by atoms with Gasteiger partial charge in [-0.2, -0.15) is 0 Å². The Labute approximate surface area is 421 Å². The lowest BCUT2D eigenvalue weighted by atomic mass is 9.78. The summed E-state index contributed by atoms with van der Waals surface area (Å²) in [5, 5.41) is 4.52. The molecule has 0 radical (unpaired) electrons. The lowest BCUT2D eigenvalue weighted by Crippen LogP contribution is -2.16. The summed E-state index contributed by atoms with van der Waals surface area (Å²) in [7, 11) is 0. The van der Waals surface area contributed by atoms with Crippen LogP contribution in [-0.4, -0.2) is 9.97 Å². The Morgan fingerprint density at radius 2 is 0.556 bits per heavy atom. The molecule has 0 saturated carbocycles. The van der Waals surface area contributed by atoms with E-state index in [1.54, 1.807) is 0 Å². The molecular weight excluding hydrogens is 869 g/mol. The van der Waals surface area contributed by atoms with Gasteiger partial charge in [0.2, 0.25) is 0 Å². The molecule has 2 aliphatic rings. The van der Waals surface area contributed by atoms with Gasteiger partial charge in [-0.3, -0.25) is 9.97 Å². The first-order chi connectivity index (χ1) is 35.2. The van der Waals surface area contributed by atoms with Crippen LogP contribution in [0, 0.1) is 0 Å². The fourth-order valence-electron chi connectivity index (χ4n) is 12.7. The van der Waals surface area contributed by atoms with Gasteiger partial charge in [-0.05, 0) is 158 Å². The van der Waals surface area contributed by atoms with Crippen molar-refractivity contribution < 1.29 is 0 Å². The van der Waals surface area contributed by atoms with Gasteiger partial charge >= 0.3 is 0 Å². The van der Waals surface area contributed by atoms with Crippen LogP contribution in [0.3, 0.4) is 0 Å². The van der Waals surface area contributed by atoms with Gasteiger partial charge in [-0.15, -0.1) is 0 Å². The van der Waals surface area contributed by atoms with Crippen molar-refractivity contribution in [3.63, 3.8) is 0 Å². The summed E-state index contributed by atoms with van der Waals surface area (Å²) in [6.07, 6.45) is 3.62. The van der Waals surface area contributed by atoms with Crippen molar-refractivity contribution in [3.8, 4) is 89.0 Å². The maximum Gasteiger partial charge on any atom is 0.0971 e. The van der Waals surface area contributed by atoms with Gasteiger partial charge in [-0.1, -0.05) is 210 Å². The molecule has 0 amide bonds. The molecule has 14 rings (SSSR count). The van der Waals surface area contributed by atoms with E-state index < -0.39 is 0 Å². The third kappa shape index (κ3) is 6.42. The Morgan fingerprint density at radius 3 is 0.958 bits per heavy atom. The predicted octanol–water partition coefficient (Wildman–Crippen LogP) is 18.6. The molecule has 2 aliphatic carbocycles. The van der Waals surface area contributed by atoms with E-state index >= 15 is 0 Å². The zero-order chi connectivity index (χ0) is 48.3. The second-order valence-electron chi connectivity index (χ2n) is 20.9. The van der Waals surface area contributed by atoms with E-state index in [9.17, 15) is 0 Å². The molecule has 0 saturated heterocycles. The number of hydrogen-bond acceptors (Lipinski definition) is 2. The van der Waals surface area contributed by atoms with Gasteiger partial charge in [0.1, 0.15) is 0 Å². The Kier molecular flexibility index (Phi) is 9.32. The fraction of sp³-hybridized carbons (Fsp3) is 0.0857. The first kappa shape index (κ1) is 42.2. The van der Waals surface area contributed by atoms with Gasteiger partial charge in [0, 0.05) is 34.0 Å². The average Bonchev–Trinajstić information content (AvgIpc) is 3.82. The van der Waals surface area contributed by atoms with E-state index in [1.165, 1.54) is 100 Å². The van der Waals surface area contributed by atoms with Crippen molar-refractivity contribution in [3.05, 3.63) is 253 Å². The molecule has 0 bridgehead atoms. The van der Waals surface area contributed by atoms with Crippen LogP contribution in [0.15, 0.2) is 231 Å². The highest BCUT2D eigenvalue weighted by atomic mass is 14.8. The van der Waals surface area contributed by atoms with Gasteiger partial charge in [0.25, 0.3) is 0 Å². The van der Waals surface area contributed by atoms with Crippen molar-refractivity contribution >= 4 is 32.6 Å². The largest absolute Gasteiger partial charge is 0.252 e. The van der Waals surface area contributed by atoms with Gasteiger partial charge in [-0.25, -0.2) is 0 Å². The molecule has 0 spiro atoms. The SMILES string of the molecule is CC1(C)c2ccccc2-c2cccc(-c3cccc(-c4cccc(-c5ccc6c(c5)c5cc(-c7cccc(-c8cccc(-c9cccc%10c9C(C)(C)c9ccccc9-%10)c8)c7)ccc5c5nccnc65)c4)c3)c21. The minimum absolute atomic E-state index is 0.0943. The molecule has 1 heterocycles. The van der Waals surface area contributed by atoms with Gasteiger partial charge in [0.15, 0.2) is 0 Å². The Morgan fingerprint density at radius 1 is 0.250 bits per heavy atom. The van der Waals surface area contributed by atoms with Crippen molar-refractivity contribution in [2.24, 2.45) is 0 Å². The molecule has 340 valence electrons. The van der Waals surface area contributed by atoms with E-state index in [0.717, 1.165) is 43.7 Å². The van der Waals surface area contributed by atoms with Crippen LogP contribution in [0.4, 0.5) is 0 Å². The third-order valence-corrected chi connectivity index (χ3v) is 16.1. The molecule has 2 heteroatoms. The smallest absolute Gasteiger partial charge is 0.0971 e. The highest BCUT2D eigenvalue weighted by Gasteiger charge is 2.38. The van der Waals surface area contributed by atoms with Crippen LogP contribution in [0.5, 0.6) is 0 Å². The zero-order valence-electron chi connectivity index (χ0n) is 40.8. The number of fused-ring (bicyclic) bond motifs is 12. The molecule has 0 fully saturated rings. The number of benzene rings is 11. The molecule has 0 aliphatic heterocycles. The highest BCUT2D eigenvalue weighted by Crippen LogP contribution is 2.54. The second-order valence-corrected chi connectivity index (χ2v) is 20.9. The molecular formula is C70H50N2. The van der Waals surface area contributed by atoms with E-state index in [1.807, 2.05) is 12.4 Å². The number of hydrogen-bond donors (Lipinski definition) is 0. The predicted molar refractivity (Wildman–Crippen MR) is 302 cm³/mol. The quantitative estimate of drug-likeness (QED) is 0.155. The molecule has 72 heavy (non-hydrogen) atoms. The first-order valence-electron chi connectivity index (χ1n) is 25.2. The zero-order valence-corrected chi connectivity index (χ0v) is 40.8. The summed E-state index contributed by atoms with van der Waals surface area (Å²) in [5.41, 5.74) is 27.1. The Bertz CT molecular complexity index is 3950. The van der Waals surface area contributed by atoms with Crippen molar-refractivity contribution in [1.82, 2.24) is 9.97 Å². The van der Waals surface area contributed by atoms with Gasteiger partial charge < -0.3 is 0 Å². The van der Waals surface area contributed by atoms with E-state index in [-0.39, 0.29) is 10.8 Å². The lowest BCUT2D eigenvalue weighted by molar-refractivity contribution is 0.662. The maximum atomic E-state index is 4.92. The van der Waals surface area contributed by atoms with Crippen LogP contribution >= 0.6 is 0 Å². The van der Waals surface area contributed by atoms with E-state index in [4.69, 9.17) is 9.97 Å². The Hall–Kier alpha value is -8.72. The van der Waals surface area contributed by atoms with Gasteiger partial charge in [0.05, 0.1) is 11.0 Å². The molecule has 11 aromatic carbocycles. The normalized spacial score (nSPS) is 13.8. The summed E-state index contributed by atoms with van der Waals surface area (Å²) in [6, 6.07) is 81.3. The minimum Gasteiger partial charge on any atom is -0.252 e. The topological polar surface area (TPSA) is 25.8 Å². The molecule has 0 N–H and O–H groups in total. The average molecular weight is 919 g/mol. The maximum absolute atomic E-state index is 4.92. The van der Waals surface area contributed by atoms with Crippen molar-refractivity contribution in [2.45, 2.75) is 38.5 Å². The molecule has 1 aromatic heterocycles. The molecule has 0 unspecified atom stereocenters. The van der Waals surface area contributed by atoms with Crippen LogP contribution in [0.25, 0.3) is 122 Å². The summed E-state index contributed by atoms with van der Waals surface area (Å²) in [6.45, 7) is 9.47. The standard InChI is InChI=1S/C70H50N2/c1-69(2)63-29-7-5-23-55(63)57-27-13-25-53(65(57)69)51-21-11-19-47(39-51)43-15-9-17-45(37-43)49-31-33-59-61(41-49)62-42-50(32-34-60(62)68-67(59)71-35-36-72-68)46-18-10-16-44(38-46)48-20-12-22-52(40-48)54-26-14-28-58-56-24-6-8-30-64(56)70(3,4)66(54)58/h5-42H,1-4H3. The fourth-order valence-corrected chi connectivity index (χ4v) is 12.7. The summed E-state index contributed by atoms with van der Waals surface area (Å²) in [4.78, 5) is 9.84. The lowest BCUT2D eigenvalue weighted by Gasteiger charge is -2.24.